The lowest BCUT2D eigenvalue weighted by molar-refractivity contribution is -0.112. The Morgan fingerprint density at radius 1 is 1.15 bits per heavy atom. The van der Waals surface area contributed by atoms with E-state index in [1.54, 1.807) is 13.0 Å². The standard InChI is InChI=1S/C23H24N2O/c1-4-16-6-8-17(9-7-16)23-21-11-10-19(24)13-22(21)20(5-2)18(14-25-23)12-15(3)26/h5-13H,4,14,24H2,1-3H3/b18-12-,20-5?. The average molecular weight is 344 g/mol. The molecule has 3 nitrogen and oxygen atoms in total. The van der Waals surface area contributed by atoms with Crippen molar-refractivity contribution in [3.63, 3.8) is 0 Å². The van der Waals surface area contributed by atoms with Crippen molar-refractivity contribution in [2.75, 3.05) is 12.3 Å². The molecular formula is C23H24N2O. The molecule has 0 fully saturated rings. The summed E-state index contributed by atoms with van der Waals surface area (Å²) in [5.74, 6) is 0.0238. The number of carbonyl (C=O) groups is 1. The number of nitrogens with two attached hydrogens (primary N) is 1. The Labute approximate surface area is 155 Å². The van der Waals surface area contributed by atoms with Crippen LogP contribution >= 0.6 is 0 Å². The number of nitrogens with zero attached hydrogens (tertiary/aromatic N) is 1. The van der Waals surface area contributed by atoms with Gasteiger partial charge in [-0.1, -0.05) is 43.3 Å². The van der Waals surface area contributed by atoms with Gasteiger partial charge in [-0.2, -0.15) is 0 Å². The molecule has 0 aromatic heterocycles. The van der Waals surface area contributed by atoms with E-state index in [2.05, 4.69) is 31.2 Å². The summed E-state index contributed by atoms with van der Waals surface area (Å²) >= 11 is 0. The monoisotopic (exact) mass is 344 g/mol. The molecule has 0 saturated carbocycles. The lowest BCUT2D eigenvalue weighted by Gasteiger charge is -2.13. The van der Waals surface area contributed by atoms with Crippen LogP contribution in [0.4, 0.5) is 5.69 Å². The van der Waals surface area contributed by atoms with Crippen LogP contribution in [0.3, 0.4) is 0 Å². The van der Waals surface area contributed by atoms with E-state index in [0.717, 1.165) is 40.0 Å². The topological polar surface area (TPSA) is 55.5 Å². The van der Waals surface area contributed by atoms with E-state index in [0.29, 0.717) is 12.2 Å². The van der Waals surface area contributed by atoms with Gasteiger partial charge in [-0.3, -0.25) is 9.79 Å². The summed E-state index contributed by atoms with van der Waals surface area (Å²) in [5.41, 5.74) is 14.1. The number of benzene rings is 2. The molecule has 3 heteroatoms. The Morgan fingerprint density at radius 2 is 1.88 bits per heavy atom. The van der Waals surface area contributed by atoms with Gasteiger partial charge in [0.25, 0.3) is 0 Å². The molecule has 0 atom stereocenters. The molecule has 132 valence electrons. The number of hydrogen-bond acceptors (Lipinski definition) is 3. The molecule has 0 saturated heterocycles. The van der Waals surface area contributed by atoms with Crippen LogP contribution in [0, 0.1) is 0 Å². The van der Waals surface area contributed by atoms with Crippen LogP contribution in [0.25, 0.3) is 5.57 Å². The number of carbonyl (C=O) groups excluding carboxylic acids is 1. The number of hydrogen-bond donors (Lipinski definition) is 1. The first-order valence-electron chi connectivity index (χ1n) is 8.95. The Kier molecular flexibility index (Phi) is 5.17. The quantitative estimate of drug-likeness (QED) is 0.653. The molecule has 0 radical (unpaired) electrons. The van der Waals surface area contributed by atoms with E-state index in [9.17, 15) is 4.79 Å². The highest BCUT2D eigenvalue weighted by atomic mass is 16.1. The molecule has 26 heavy (non-hydrogen) atoms. The first-order chi connectivity index (χ1) is 12.5. The van der Waals surface area contributed by atoms with E-state index in [1.807, 2.05) is 31.2 Å². The summed E-state index contributed by atoms with van der Waals surface area (Å²) in [6.45, 7) is 6.17. The van der Waals surface area contributed by atoms with Crippen LogP contribution in [-0.4, -0.2) is 18.0 Å². The number of ketones is 1. The third kappa shape index (κ3) is 3.52. The predicted octanol–water partition coefficient (Wildman–Crippen LogP) is 4.60. The fourth-order valence-corrected chi connectivity index (χ4v) is 3.35. The fourth-order valence-electron chi connectivity index (χ4n) is 3.35. The molecule has 0 aliphatic carbocycles. The summed E-state index contributed by atoms with van der Waals surface area (Å²) in [6, 6.07) is 14.4. The molecular weight excluding hydrogens is 320 g/mol. The normalized spacial score (nSPS) is 17.0. The van der Waals surface area contributed by atoms with Crippen molar-refractivity contribution in [3.8, 4) is 0 Å². The highest BCUT2D eigenvalue weighted by Gasteiger charge is 2.21. The Bertz CT molecular complexity index is 931. The number of allylic oxidation sites excluding steroid dienone is 2. The average Bonchev–Trinajstić information content (AvgIpc) is 2.77. The number of nitrogen functional groups attached to an aromatic ring is 1. The summed E-state index contributed by atoms with van der Waals surface area (Å²) in [7, 11) is 0. The van der Waals surface area contributed by atoms with Crippen LogP contribution in [0.2, 0.25) is 0 Å². The minimum Gasteiger partial charge on any atom is -0.399 e. The van der Waals surface area contributed by atoms with Gasteiger partial charge >= 0.3 is 0 Å². The van der Waals surface area contributed by atoms with Crippen molar-refractivity contribution < 1.29 is 4.79 Å². The maximum atomic E-state index is 11.7. The Balaban J connectivity index is 2.22. The van der Waals surface area contributed by atoms with Crippen LogP contribution in [0.5, 0.6) is 0 Å². The highest BCUT2D eigenvalue weighted by Crippen LogP contribution is 2.33. The van der Waals surface area contributed by atoms with E-state index in [4.69, 9.17) is 10.7 Å². The molecule has 1 aliphatic rings. The molecule has 0 bridgehead atoms. The van der Waals surface area contributed by atoms with E-state index >= 15 is 0 Å². The highest BCUT2D eigenvalue weighted by molar-refractivity contribution is 6.17. The second-order valence-electron chi connectivity index (χ2n) is 6.50. The van der Waals surface area contributed by atoms with Crippen molar-refractivity contribution in [2.45, 2.75) is 27.2 Å². The van der Waals surface area contributed by atoms with Crippen molar-refractivity contribution in [3.05, 3.63) is 82.4 Å². The van der Waals surface area contributed by atoms with Crippen LogP contribution in [0.15, 0.2) is 65.2 Å². The molecule has 0 unspecified atom stereocenters. The van der Waals surface area contributed by atoms with Crippen LogP contribution in [0.1, 0.15) is 43.0 Å². The van der Waals surface area contributed by atoms with Gasteiger partial charge in [0.2, 0.25) is 0 Å². The molecule has 3 rings (SSSR count). The van der Waals surface area contributed by atoms with Crippen molar-refractivity contribution >= 4 is 22.8 Å². The zero-order valence-corrected chi connectivity index (χ0v) is 15.5. The van der Waals surface area contributed by atoms with Gasteiger partial charge < -0.3 is 5.73 Å². The zero-order valence-electron chi connectivity index (χ0n) is 15.5. The summed E-state index contributed by atoms with van der Waals surface area (Å²) in [6.07, 6.45) is 4.72. The molecule has 0 amide bonds. The van der Waals surface area contributed by atoms with Crippen LogP contribution in [-0.2, 0) is 11.2 Å². The van der Waals surface area contributed by atoms with Gasteiger partial charge in [0.1, 0.15) is 0 Å². The largest absolute Gasteiger partial charge is 0.399 e. The first-order valence-corrected chi connectivity index (χ1v) is 8.95. The lowest BCUT2D eigenvalue weighted by atomic mass is 9.90. The molecule has 0 spiro atoms. The summed E-state index contributed by atoms with van der Waals surface area (Å²) in [4.78, 5) is 16.6. The van der Waals surface area contributed by atoms with Gasteiger partial charge in [-0.15, -0.1) is 0 Å². The fraction of sp³-hybridized carbons (Fsp3) is 0.217. The molecule has 2 aromatic rings. The minimum atomic E-state index is 0.0238. The Morgan fingerprint density at radius 3 is 2.50 bits per heavy atom. The second kappa shape index (κ2) is 7.52. The van der Waals surface area contributed by atoms with Gasteiger partial charge in [0.15, 0.2) is 5.78 Å². The van der Waals surface area contributed by atoms with Gasteiger partial charge in [0, 0.05) is 16.8 Å². The van der Waals surface area contributed by atoms with Crippen molar-refractivity contribution in [2.24, 2.45) is 4.99 Å². The first kappa shape index (κ1) is 17.9. The molecule has 2 N–H and O–H groups in total. The number of fused-ring (bicyclic) bond motifs is 1. The molecule has 1 heterocycles. The van der Waals surface area contributed by atoms with Crippen LogP contribution < -0.4 is 5.73 Å². The second-order valence-corrected chi connectivity index (χ2v) is 6.50. The maximum absolute atomic E-state index is 11.7. The van der Waals surface area contributed by atoms with E-state index < -0.39 is 0 Å². The van der Waals surface area contributed by atoms with Crippen molar-refractivity contribution in [1.29, 1.82) is 0 Å². The van der Waals surface area contributed by atoms with Crippen molar-refractivity contribution in [1.82, 2.24) is 0 Å². The lowest BCUT2D eigenvalue weighted by Crippen LogP contribution is -2.06. The predicted molar refractivity (Wildman–Crippen MR) is 110 cm³/mol. The molecule has 1 aliphatic heterocycles. The Hall–Kier alpha value is -2.94. The van der Waals surface area contributed by atoms with Gasteiger partial charge in [0.05, 0.1) is 12.3 Å². The van der Waals surface area contributed by atoms with Gasteiger partial charge in [-0.05, 0) is 60.8 Å². The number of aliphatic imine (C=N–C) groups is 1. The summed E-state index contributed by atoms with van der Waals surface area (Å²) in [5, 5.41) is 0. The minimum absolute atomic E-state index is 0.0238. The third-order valence-corrected chi connectivity index (χ3v) is 4.64. The SMILES string of the molecule is CC=C1/C(=C\C(C)=O)CN=C(c2ccc(CC)cc2)c2ccc(N)cc21. The number of aryl methyl sites for hydroxylation is 1. The smallest absolute Gasteiger partial charge is 0.152 e. The number of rotatable bonds is 3. The van der Waals surface area contributed by atoms with Gasteiger partial charge in [-0.25, -0.2) is 0 Å². The summed E-state index contributed by atoms with van der Waals surface area (Å²) < 4.78 is 0. The zero-order chi connectivity index (χ0) is 18.7. The number of anilines is 1. The third-order valence-electron chi connectivity index (χ3n) is 4.64. The maximum Gasteiger partial charge on any atom is 0.152 e. The van der Waals surface area contributed by atoms with E-state index in [-0.39, 0.29) is 5.78 Å². The van der Waals surface area contributed by atoms with E-state index in [1.165, 1.54) is 5.56 Å². The molecule has 2 aromatic carbocycles.